The molecule has 0 amide bonds. The van der Waals surface area contributed by atoms with Crippen molar-refractivity contribution in [3.05, 3.63) is 74.6 Å². The van der Waals surface area contributed by atoms with Gasteiger partial charge in [-0.1, -0.05) is 24.3 Å². The molecular formula is C15H11N5O3. The fourth-order valence-corrected chi connectivity index (χ4v) is 2.03. The van der Waals surface area contributed by atoms with Crippen molar-refractivity contribution in [3.63, 3.8) is 0 Å². The van der Waals surface area contributed by atoms with E-state index in [1.165, 1.54) is 18.3 Å². The molecule has 8 nitrogen and oxygen atoms in total. The van der Waals surface area contributed by atoms with Gasteiger partial charge in [-0.3, -0.25) is 19.9 Å². The number of fused-ring (bicyclic) bond motifs is 1. The summed E-state index contributed by atoms with van der Waals surface area (Å²) in [7, 11) is 0. The summed E-state index contributed by atoms with van der Waals surface area (Å²) in [5.41, 5.74) is 3.41. The fraction of sp³-hybridized carbons (Fsp3) is 0. The summed E-state index contributed by atoms with van der Waals surface area (Å²) in [6.45, 7) is 0. The van der Waals surface area contributed by atoms with E-state index >= 15 is 0 Å². The van der Waals surface area contributed by atoms with Gasteiger partial charge in [0.15, 0.2) is 0 Å². The van der Waals surface area contributed by atoms with Gasteiger partial charge in [0.2, 0.25) is 5.95 Å². The van der Waals surface area contributed by atoms with Gasteiger partial charge in [-0.25, -0.2) is 10.4 Å². The minimum Gasteiger partial charge on any atom is -0.291 e. The van der Waals surface area contributed by atoms with Crippen molar-refractivity contribution in [1.29, 1.82) is 0 Å². The average Bonchev–Trinajstić information content (AvgIpc) is 2.55. The van der Waals surface area contributed by atoms with Gasteiger partial charge in [-0.2, -0.15) is 5.10 Å². The highest BCUT2D eigenvalue weighted by Crippen LogP contribution is 2.12. The molecule has 8 heteroatoms. The number of anilines is 1. The lowest BCUT2D eigenvalue weighted by molar-refractivity contribution is -0.384. The number of aromatic amines is 1. The molecule has 0 saturated carbocycles. The zero-order valence-electron chi connectivity index (χ0n) is 11.8. The second-order valence-corrected chi connectivity index (χ2v) is 4.65. The molecule has 0 aliphatic heterocycles. The lowest BCUT2D eigenvalue weighted by Crippen LogP contribution is -2.10. The smallest absolute Gasteiger partial charge is 0.270 e. The Balaban J connectivity index is 1.82. The summed E-state index contributed by atoms with van der Waals surface area (Å²) in [5, 5.41) is 15.1. The van der Waals surface area contributed by atoms with Crippen LogP contribution in [0, 0.1) is 10.1 Å². The minimum absolute atomic E-state index is 0.0220. The van der Waals surface area contributed by atoms with Gasteiger partial charge in [0, 0.05) is 17.7 Å². The van der Waals surface area contributed by atoms with Crippen LogP contribution in [0.3, 0.4) is 0 Å². The minimum atomic E-state index is -0.479. The summed E-state index contributed by atoms with van der Waals surface area (Å²) in [6.07, 6.45) is 1.40. The van der Waals surface area contributed by atoms with Crippen molar-refractivity contribution in [2.24, 2.45) is 5.10 Å². The molecule has 0 aliphatic carbocycles. The largest absolute Gasteiger partial charge is 0.291 e. The molecule has 0 saturated heterocycles. The van der Waals surface area contributed by atoms with Crippen LogP contribution in [0.5, 0.6) is 0 Å². The number of H-pyrrole nitrogens is 1. The molecule has 2 aromatic carbocycles. The summed E-state index contributed by atoms with van der Waals surface area (Å²) in [6, 6.07) is 13.0. The van der Waals surface area contributed by atoms with Crippen LogP contribution in [0.15, 0.2) is 58.4 Å². The Hall–Kier alpha value is -3.55. The van der Waals surface area contributed by atoms with Gasteiger partial charge in [0.25, 0.3) is 11.2 Å². The maximum atomic E-state index is 11.9. The van der Waals surface area contributed by atoms with E-state index in [1.807, 2.05) is 0 Å². The van der Waals surface area contributed by atoms with E-state index in [0.29, 0.717) is 16.5 Å². The number of nitrogens with one attached hydrogen (secondary N) is 2. The number of hydrogen-bond donors (Lipinski definition) is 2. The third-order valence-electron chi connectivity index (χ3n) is 3.08. The van der Waals surface area contributed by atoms with Crippen LogP contribution in [0.4, 0.5) is 11.6 Å². The second kappa shape index (κ2) is 6.06. The van der Waals surface area contributed by atoms with Gasteiger partial charge in [0.1, 0.15) is 0 Å². The fourth-order valence-electron chi connectivity index (χ4n) is 2.03. The Morgan fingerprint density at radius 1 is 1.22 bits per heavy atom. The van der Waals surface area contributed by atoms with E-state index < -0.39 is 4.92 Å². The van der Waals surface area contributed by atoms with Crippen molar-refractivity contribution in [3.8, 4) is 0 Å². The first kappa shape index (κ1) is 14.4. The SMILES string of the molecule is O=c1[nH]c(N/N=C/c2cccc([N+](=O)[O-])c2)nc2ccccc12. The molecule has 114 valence electrons. The normalized spacial score (nSPS) is 11.0. The van der Waals surface area contributed by atoms with Crippen LogP contribution < -0.4 is 11.0 Å². The van der Waals surface area contributed by atoms with Crippen LogP contribution in [0.1, 0.15) is 5.56 Å². The number of para-hydroxylation sites is 1. The topological polar surface area (TPSA) is 113 Å². The molecule has 0 aliphatic rings. The maximum Gasteiger partial charge on any atom is 0.270 e. The van der Waals surface area contributed by atoms with Crippen molar-refractivity contribution in [2.75, 3.05) is 5.43 Å². The molecule has 0 atom stereocenters. The number of nitro groups is 1. The van der Waals surface area contributed by atoms with Gasteiger partial charge in [-0.15, -0.1) is 0 Å². The van der Waals surface area contributed by atoms with E-state index in [1.54, 1.807) is 36.4 Å². The number of nitro benzene ring substituents is 1. The standard InChI is InChI=1S/C15H11N5O3/c21-14-12-6-1-2-7-13(12)17-15(18-14)19-16-9-10-4-3-5-11(8-10)20(22)23/h1-9H,(H2,17,18,19,21)/b16-9+. The first-order valence-electron chi connectivity index (χ1n) is 6.66. The van der Waals surface area contributed by atoms with E-state index in [-0.39, 0.29) is 17.2 Å². The molecule has 23 heavy (non-hydrogen) atoms. The molecule has 2 N–H and O–H groups in total. The number of nitrogens with zero attached hydrogens (tertiary/aromatic N) is 3. The van der Waals surface area contributed by atoms with E-state index in [2.05, 4.69) is 20.5 Å². The molecule has 1 heterocycles. The predicted molar refractivity (Wildman–Crippen MR) is 86.7 cm³/mol. The summed E-state index contributed by atoms with van der Waals surface area (Å²) < 4.78 is 0. The van der Waals surface area contributed by atoms with Crippen molar-refractivity contribution in [1.82, 2.24) is 9.97 Å². The van der Waals surface area contributed by atoms with E-state index in [4.69, 9.17) is 0 Å². The van der Waals surface area contributed by atoms with E-state index in [9.17, 15) is 14.9 Å². The molecule has 3 aromatic rings. The second-order valence-electron chi connectivity index (χ2n) is 4.65. The lowest BCUT2D eigenvalue weighted by atomic mass is 10.2. The molecule has 0 radical (unpaired) electrons. The van der Waals surface area contributed by atoms with Crippen LogP contribution in [-0.4, -0.2) is 21.1 Å². The van der Waals surface area contributed by atoms with Crippen LogP contribution in [0.25, 0.3) is 10.9 Å². The molecule has 0 fully saturated rings. The number of hydrogen-bond acceptors (Lipinski definition) is 6. The Labute approximate surface area is 129 Å². The summed E-state index contributed by atoms with van der Waals surface area (Å²) >= 11 is 0. The number of aromatic nitrogens is 2. The third kappa shape index (κ3) is 3.21. The first-order chi connectivity index (χ1) is 11.1. The Bertz CT molecular complexity index is 964. The van der Waals surface area contributed by atoms with Crippen LogP contribution in [-0.2, 0) is 0 Å². The monoisotopic (exact) mass is 309 g/mol. The maximum absolute atomic E-state index is 11.9. The lowest BCUT2D eigenvalue weighted by Gasteiger charge is -2.01. The third-order valence-corrected chi connectivity index (χ3v) is 3.08. The average molecular weight is 309 g/mol. The highest BCUT2D eigenvalue weighted by atomic mass is 16.6. The van der Waals surface area contributed by atoms with Crippen molar-refractivity contribution in [2.45, 2.75) is 0 Å². The zero-order valence-corrected chi connectivity index (χ0v) is 11.8. The number of non-ortho nitro benzene ring substituents is 1. The Kier molecular flexibility index (Phi) is 3.79. The summed E-state index contributed by atoms with van der Waals surface area (Å²) in [5.74, 6) is 0.190. The van der Waals surface area contributed by atoms with Crippen LogP contribution in [0.2, 0.25) is 0 Å². The molecule has 0 unspecified atom stereocenters. The molecule has 1 aromatic heterocycles. The van der Waals surface area contributed by atoms with Gasteiger partial charge < -0.3 is 0 Å². The Morgan fingerprint density at radius 3 is 2.87 bits per heavy atom. The highest BCUT2D eigenvalue weighted by Gasteiger charge is 2.04. The number of benzene rings is 2. The molecule has 0 bridgehead atoms. The molecular weight excluding hydrogens is 298 g/mol. The summed E-state index contributed by atoms with van der Waals surface area (Å²) in [4.78, 5) is 28.9. The van der Waals surface area contributed by atoms with Gasteiger partial charge in [0.05, 0.1) is 22.0 Å². The quantitative estimate of drug-likeness (QED) is 0.436. The number of rotatable bonds is 4. The highest BCUT2D eigenvalue weighted by molar-refractivity contribution is 5.81. The van der Waals surface area contributed by atoms with E-state index in [0.717, 1.165) is 0 Å². The Morgan fingerprint density at radius 2 is 2.04 bits per heavy atom. The van der Waals surface area contributed by atoms with Crippen molar-refractivity contribution < 1.29 is 4.92 Å². The predicted octanol–water partition coefficient (Wildman–Crippen LogP) is 2.28. The van der Waals surface area contributed by atoms with Gasteiger partial charge >= 0.3 is 0 Å². The molecule has 0 spiro atoms. The zero-order chi connectivity index (χ0) is 16.2. The first-order valence-corrected chi connectivity index (χ1v) is 6.66. The molecule has 3 rings (SSSR count). The van der Waals surface area contributed by atoms with Gasteiger partial charge in [-0.05, 0) is 12.1 Å². The van der Waals surface area contributed by atoms with Crippen molar-refractivity contribution >= 4 is 28.8 Å². The van der Waals surface area contributed by atoms with Crippen LogP contribution >= 0.6 is 0 Å². The number of hydrazone groups is 1.